The molecule has 0 rings (SSSR count). The first-order valence-corrected chi connectivity index (χ1v) is 6.52. The summed E-state index contributed by atoms with van der Waals surface area (Å²) in [4.78, 5) is 10.5. The van der Waals surface area contributed by atoms with Gasteiger partial charge in [-0.05, 0) is 0 Å². The molecule has 5 heteroatoms. The summed E-state index contributed by atoms with van der Waals surface area (Å²) in [6.07, 6.45) is 0. The molecule has 0 aliphatic heterocycles. The molecule has 0 saturated carbocycles. The molecular formula is C6H13O4Zr. The van der Waals surface area contributed by atoms with E-state index in [1.54, 1.807) is 0 Å². The number of rotatable bonds is 5. The van der Waals surface area contributed by atoms with Crippen LogP contribution >= 0.6 is 0 Å². The van der Waals surface area contributed by atoms with Crippen LogP contribution in [0.1, 0.15) is 20.8 Å². The van der Waals surface area contributed by atoms with Gasteiger partial charge in [0.1, 0.15) is 0 Å². The van der Waals surface area contributed by atoms with Crippen molar-refractivity contribution in [1.82, 2.24) is 0 Å². The molecule has 0 fully saturated rings. The topological polar surface area (TPSA) is 44.8 Å². The molecule has 0 amide bonds. The van der Waals surface area contributed by atoms with Crippen molar-refractivity contribution >= 4 is 5.97 Å². The molecule has 0 spiro atoms. The van der Waals surface area contributed by atoms with Crippen LogP contribution in [0.5, 0.6) is 0 Å². The first-order valence-electron chi connectivity index (χ1n) is 3.51. The maximum atomic E-state index is 10.5. The van der Waals surface area contributed by atoms with Gasteiger partial charge in [0.15, 0.2) is 0 Å². The Kier molecular flexibility index (Phi) is 7.12. The zero-order valence-corrected chi connectivity index (χ0v) is 9.51. The summed E-state index contributed by atoms with van der Waals surface area (Å²) in [5, 5.41) is 0. The molecule has 0 aromatic heterocycles. The number of hydrogen-bond acceptors (Lipinski definition) is 4. The van der Waals surface area contributed by atoms with Crippen molar-refractivity contribution in [3.05, 3.63) is 0 Å². The molecule has 65 valence electrons. The van der Waals surface area contributed by atoms with E-state index in [9.17, 15) is 4.79 Å². The SMILES string of the molecule is CC[O][Zr]([O]CC)[O]C(C)=O. The van der Waals surface area contributed by atoms with Crippen LogP contribution < -0.4 is 0 Å². The molecule has 0 atom stereocenters. The van der Waals surface area contributed by atoms with E-state index in [2.05, 4.69) is 0 Å². The van der Waals surface area contributed by atoms with Crippen molar-refractivity contribution in [1.29, 1.82) is 0 Å². The van der Waals surface area contributed by atoms with E-state index in [0.29, 0.717) is 13.2 Å². The molecule has 0 aliphatic rings. The Morgan fingerprint density at radius 2 is 1.73 bits per heavy atom. The fourth-order valence-corrected chi connectivity index (χ4v) is 2.68. The Bertz CT molecular complexity index is 111. The van der Waals surface area contributed by atoms with Gasteiger partial charge in [-0.3, -0.25) is 0 Å². The fourth-order valence-electron chi connectivity index (χ4n) is 0.454. The summed E-state index contributed by atoms with van der Waals surface area (Å²) in [7, 11) is 0. The molecule has 4 nitrogen and oxygen atoms in total. The van der Waals surface area contributed by atoms with Gasteiger partial charge in [-0.15, -0.1) is 0 Å². The molecule has 11 heavy (non-hydrogen) atoms. The third-order valence-corrected chi connectivity index (χ3v) is 4.45. The van der Waals surface area contributed by atoms with Crippen molar-refractivity contribution in [3.63, 3.8) is 0 Å². The van der Waals surface area contributed by atoms with Crippen molar-refractivity contribution in [2.75, 3.05) is 13.2 Å². The maximum absolute atomic E-state index is 10.5. The van der Waals surface area contributed by atoms with Crippen LogP contribution in [-0.4, -0.2) is 19.2 Å². The summed E-state index contributed by atoms with van der Waals surface area (Å²) >= 11 is -2.68. The number of hydrogen-bond donors (Lipinski definition) is 0. The average molecular weight is 240 g/mol. The molecule has 0 unspecified atom stereocenters. The van der Waals surface area contributed by atoms with Gasteiger partial charge in [0.05, 0.1) is 0 Å². The first kappa shape index (κ1) is 11.3. The van der Waals surface area contributed by atoms with Crippen LogP contribution in [0.4, 0.5) is 0 Å². The van der Waals surface area contributed by atoms with Gasteiger partial charge in [-0.1, -0.05) is 0 Å². The van der Waals surface area contributed by atoms with Gasteiger partial charge in [0, 0.05) is 0 Å². The number of carbonyl (C=O) groups excluding carboxylic acids is 1. The molecule has 0 saturated heterocycles. The van der Waals surface area contributed by atoms with Gasteiger partial charge in [-0.25, -0.2) is 0 Å². The third kappa shape index (κ3) is 6.66. The molecule has 0 aliphatic carbocycles. The summed E-state index contributed by atoms with van der Waals surface area (Å²) in [6.45, 7) is 6.15. The van der Waals surface area contributed by atoms with Crippen LogP contribution in [0.25, 0.3) is 0 Å². The minimum absolute atomic E-state index is 0.318. The Hall–Kier alpha value is 0.273. The second-order valence-corrected chi connectivity index (χ2v) is 4.86. The Balaban J connectivity index is 3.59. The number of carbonyl (C=O) groups is 1. The monoisotopic (exact) mass is 239 g/mol. The van der Waals surface area contributed by atoms with E-state index in [0.717, 1.165) is 0 Å². The molecule has 0 aromatic carbocycles. The van der Waals surface area contributed by atoms with E-state index in [1.165, 1.54) is 6.92 Å². The van der Waals surface area contributed by atoms with E-state index >= 15 is 0 Å². The zero-order valence-electron chi connectivity index (χ0n) is 7.05. The quantitative estimate of drug-likeness (QED) is 0.719. The Morgan fingerprint density at radius 1 is 1.27 bits per heavy atom. The first-order chi connectivity index (χ1) is 5.20. The van der Waals surface area contributed by atoms with Gasteiger partial charge >= 0.3 is 76.3 Å². The van der Waals surface area contributed by atoms with Crippen LogP contribution in [0.3, 0.4) is 0 Å². The Morgan fingerprint density at radius 3 is 2.00 bits per heavy atom. The molecule has 0 radical (unpaired) electrons. The molecular weight excluding hydrogens is 227 g/mol. The Labute approximate surface area is 76.4 Å². The van der Waals surface area contributed by atoms with E-state index in [1.807, 2.05) is 13.8 Å². The normalized spacial score (nSPS) is 9.36. The standard InChI is InChI=1S/C2H4O2.2C2H5O.Zr/c1-2(3)4;2*1-2-3;/h1H3,(H,3,4);2*2H2,1H3;/q;2*-1;+3/p-1. The summed E-state index contributed by atoms with van der Waals surface area (Å²) in [6, 6.07) is 0. The van der Waals surface area contributed by atoms with Crippen molar-refractivity contribution in [3.8, 4) is 0 Å². The summed E-state index contributed by atoms with van der Waals surface area (Å²) in [5.74, 6) is -0.318. The summed E-state index contributed by atoms with van der Waals surface area (Å²) < 4.78 is 15.1. The van der Waals surface area contributed by atoms with Crippen LogP contribution in [-0.2, 0) is 36.3 Å². The molecule has 0 N–H and O–H groups in total. The second kappa shape index (κ2) is 6.95. The van der Waals surface area contributed by atoms with Crippen LogP contribution in [0.15, 0.2) is 0 Å². The molecule has 0 aromatic rings. The van der Waals surface area contributed by atoms with Crippen molar-refractivity contribution in [2.24, 2.45) is 0 Å². The van der Waals surface area contributed by atoms with Crippen molar-refractivity contribution in [2.45, 2.75) is 20.8 Å². The average Bonchev–Trinajstić information content (AvgIpc) is 1.87. The van der Waals surface area contributed by atoms with Gasteiger partial charge in [0.25, 0.3) is 0 Å². The van der Waals surface area contributed by atoms with E-state index in [4.69, 9.17) is 8.44 Å². The minimum atomic E-state index is -2.68. The van der Waals surface area contributed by atoms with E-state index < -0.39 is 23.1 Å². The van der Waals surface area contributed by atoms with Gasteiger partial charge < -0.3 is 0 Å². The summed E-state index contributed by atoms with van der Waals surface area (Å²) in [5.41, 5.74) is 0. The van der Waals surface area contributed by atoms with Crippen LogP contribution in [0.2, 0.25) is 0 Å². The van der Waals surface area contributed by atoms with Gasteiger partial charge in [0.2, 0.25) is 0 Å². The third-order valence-electron chi connectivity index (χ3n) is 0.751. The van der Waals surface area contributed by atoms with Gasteiger partial charge in [-0.2, -0.15) is 0 Å². The fraction of sp³-hybridized carbons (Fsp3) is 0.833. The molecule has 0 bridgehead atoms. The van der Waals surface area contributed by atoms with Crippen molar-refractivity contribution < 1.29 is 36.3 Å². The van der Waals surface area contributed by atoms with E-state index in [-0.39, 0.29) is 5.97 Å². The second-order valence-electron chi connectivity index (χ2n) is 1.71. The molecule has 0 heterocycles. The predicted octanol–water partition coefficient (Wildman–Crippen LogP) is 0.986. The predicted molar refractivity (Wildman–Crippen MR) is 35.0 cm³/mol. The zero-order chi connectivity index (χ0) is 8.69. The van der Waals surface area contributed by atoms with Crippen LogP contribution in [0, 0.1) is 0 Å².